The summed E-state index contributed by atoms with van der Waals surface area (Å²) in [5.74, 6) is 0.130. The number of carboxylic acid groups (broad SMARTS) is 1. The zero-order valence-corrected chi connectivity index (χ0v) is 18.6. The molecule has 0 bridgehead atoms. The lowest BCUT2D eigenvalue weighted by molar-refractivity contribution is 0.0695. The smallest absolute Gasteiger partial charge is 0.336 e. The molecule has 1 atom stereocenters. The van der Waals surface area contributed by atoms with E-state index in [0.717, 1.165) is 43.7 Å². The molecule has 0 unspecified atom stereocenters. The standard InChI is InChI=1S/C27H28N2O3/c1-17-3-8-25-23(11-14-32-25)26(17)19-4-6-21-18(15-19)10-13-29(2)24(21)7-5-20-16-28-12-9-22(20)27(30)31/h3-4,6,8-9,12,15-16,24H,5,7,10-11,13-14H2,1-2H3,(H,30,31)/t24-/m0/s1. The number of rotatable bonds is 5. The fraction of sp³-hybridized carbons (Fsp3) is 0.333. The molecule has 0 amide bonds. The number of carboxylic acids is 1. The third-order valence-electron chi connectivity index (χ3n) is 6.97. The van der Waals surface area contributed by atoms with Crippen LogP contribution in [0.1, 0.15) is 50.6 Å². The number of hydrogen-bond donors (Lipinski definition) is 1. The number of pyridine rings is 1. The van der Waals surface area contributed by atoms with Crippen molar-refractivity contribution in [3.63, 3.8) is 0 Å². The molecule has 5 heteroatoms. The van der Waals surface area contributed by atoms with Crippen molar-refractivity contribution >= 4 is 5.97 Å². The van der Waals surface area contributed by atoms with Crippen molar-refractivity contribution in [2.45, 2.75) is 38.6 Å². The first-order chi connectivity index (χ1) is 15.5. The van der Waals surface area contributed by atoms with Crippen LogP contribution >= 0.6 is 0 Å². The van der Waals surface area contributed by atoms with Crippen LogP contribution in [0.15, 0.2) is 48.8 Å². The van der Waals surface area contributed by atoms with Gasteiger partial charge in [0.25, 0.3) is 0 Å². The summed E-state index contributed by atoms with van der Waals surface area (Å²) >= 11 is 0. The lowest BCUT2D eigenvalue weighted by Crippen LogP contribution is -2.32. The SMILES string of the molecule is Cc1ccc2c(c1-c1ccc3c(c1)CCN(C)[C@H]3CCc1cnccc1C(=O)O)CCO2. The molecule has 5 nitrogen and oxygen atoms in total. The molecule has 3 heterocycles. The largest absolute Gasteiger partial charge is 0.493 e. The Hall–Kier alpha value is -3.18. The maximum atomic E-state index is 11.6. The van der Waals surface area contributed by atoms with E-state index in [4.69, 9.17) is 4.74 Å². The maximum absolute atomic E-state index is 11.6. The zero-order chi connectivity index (χ0) is 22.2. The highest BCUT2D eigenvalue weighted by atomic mass is 16.5. The van der Waals surface area contributed by atoms with Crippen LogP contribution in [0.5, 0.6) is 5.75 Å². The van der Waals surface area contributed by atoms with Crippen LogP contribution in [0, 0.1) is 6.92 Å². The molecule has 0 radical (unpaired) electrons. The van der Waals surface area contributed by atoms with Gasteiger partial charge in [0.2, 0.25) is 0 Å². The summed E-state index contributed by atoms with van der Waals surface area (Å²) in [5.41, 5.74) is 9.10. The molecule has 5 rings (SSSR count). The fourth-order valence-corrected chi connectivity index (χ4v) is 5.29. The molecule has 2 aliphatic rings. The third-order valence-corrected chi connectivity index (χ3v) is 6.97. The Kier molecular flexibility index (Phi) is 5.43. The Morgan fingerprint density at radius 3 is 2.94 bits per heavy atom. The van der Waals surface area contributed by atoms with Gasteiger partial charge in [-0.1, -0.05) is 24.3 Å². The summed E-state index contributed by atoms with van der Waals surface area (Å²) in [6.07, 6.45) is 6.78. The average Bonchev–Trinajstić information content (AvgIpc) is 3.27. The average molecular weight is 429 g/mol. The number of nitrogens with zero attached hydrogens (tertiary/aromatic N) is 2. The Balaban J connectivity index is 1.45. The summed E-state index contributed by atoms with van der Waals surface area (Å²) in [6, 6.07) is 13.0. The number of carbonyl (C=O) groups is 1. The Morgan fingerprint density at radius 1 is 1.22 bits per heavy atom. The summed E-state index contributed by atoms with van der Waals surface area (Å²) in [5, 5.41) is 9.49. The van der Waals surface area contributed by atoms with E-state index < -0.39 is 5.97 Å². The van der Waals surface area contributed by atoms with E-state index in [-0.39, 0.29) is 6.04 Å². The van der Waals surface area contributed by atoms with Crippen molar-refractivity contribution in [3.05, 3.63) is 82.2 Å². The van der Waals surface area contributed by atoms with Crippen LogP contribution in [-0.4, -0.2) is 41.2 Å². The molecule has 2 aliphatic heterocycles. The first kappa shape index (κ1) is 20.7. The molecule has 1 aromatic heterocycles. The van der Waals surface area contributed by atoms with Gasteiger partial charge in [-0.25, -0.2) is 4.79 Å². The molecule has 0 aliphatic carbocycles. The van der Waals surface area contributed by atoms with Gasteiger partial charge in [0, 0.05) is 37.0 Å². The predicted octanol–water partition coefficient (Wildman–Crippen LogP) is 4.85. The fourth-order valence-electron chi connectivity index (χ4n) is 5.29. The monoisotopic (exact) mass is 428 g/mol. The number of hydrogen-bond acceptors (Lipinski definition) is 4. The molecule has 0 saturated heterocycles. The number of aromatic nitrogens is 1. The van der Waals surface area contributed by atoms with E-state index in [2.05, 4.69) is 54.2 Å². The summed E-state index contributed by atoms with van der Waals surface area (Å²) in [7, 11) is 2.16. The van der Waals surface area contributed by atoms with Crippen molar-refractivity contribution in [3.8, 4) is 16.9 Å². The summed E-state index contributed by atoms with van der Waals surface area (Å²) < 4.78 is 5.81. The number of aromatic carboxylic acids is 1. The van der Waals surface area contributed by atoms with E-state index in [1.807, 2.05) is 0 Å². The van der Waals surface area contributed by atoms with Crippen LogP contribution in [-0.2, 0) is 19.3 Å². The second-order valence-corrected chi connectivity index (χ2v) is 8.87. The third kappa shape index (κ3) is 3.67. The Morgan fingerprint density at radius 2 is 2.09 bits per heavy atom. The van der Waals surface area contributed by atoms with Gasteiger partial charge in [-0.15, -0.1) is 0 Å². The van der Waals surface area contributed by atoms with E-state index in [0.29, 0.717) is 12.0 Å². The first-order valence-corrected chi connectivity index (χ1v) is 11.3. The second-order valence-electron chi connectivity index (χ2n) is 8.87. The predicted molar refractivity (Wildman–Crippen MR) is 124 cm³/mol. The minimum absolute atomic E-state index is 0.264. The van der Waals surface area contributed by atoms with Gasteiger partial charge in [-0.3, -0.25) is 9.88 Å². The minimum atomic E-state index is -0.890. The minimum Gasteiger partial charge on any atom is -0.493 e. The number of fused-ring (bicyclic) bond motifs is 2. The van der Waals surface area contributed by atoms with Crippen LogP contribution in [0.3, 0.4) is 0 Å². The molecular weight excluding hydrogens is 400 g/mol. The van der Waals surface area contributed by atoms with Gasteiger partial charge < -0.3 is 9.84 Å². The van der Waals surface area contributed by atoms with E-state index in [9.17, 15) is 9.90 Å². The zero-order valence-electron chi connectivity index (χ0n) is 18.6. The van der Waals surface area contributed by atoms with Gasteiger partial charge in [-0.05, 0) is 78.7 Å². The first-order valence-electron chi connectivity index (χ1n) is 11.3. The molecule has 1 N–H and O–H groups in total. The summed E-state index contributed by atoms with van der Waals surface area (Å²) in [6.45, 7) is 3.93. The molecular formula is C27H28N2O3. The van der Waals surface area contributed by atoms with Gasteiger partial charge in [0.05, 0.1) is 12.2 Å². The van der Waals surface area contributed by atoms with Gasteiger partial charge in [-0.2, -0.15) is 0 Å². The quantitative estimate of drug-likeness (QED) is 0.629. The Labute approximate surface area is 188 Å². The normalized spacial score (nSPS) is 17.5. The molecule has 0 saturated carbocycles. The number of benzene rings is 2. The maximum Gasteiger partial charge on any atom is 0.336 e. The number of likely N-dealkylation sites (N-methyl/N-ethyl adjacent to an activating group) is 1. The van der Waals surface area contributed by atoms with Crippen LogP contribution in [0.4, 0.5) is 0 Å². The van der Waals surface area contributed by atoms with Gasteiger partial charge in [0.15, 0.2) is 0 Å². The van der Waals surface area contributed by atoms with Crippen molar-refractivity contribution in [2.24, 2.45) is 0 Å². The lowest BCUT2D eigenvalue weighted by Gasteiger charge is -2.35. The molecule has 0 fully saturated rings. The van der Waals surface area contributed by atoms with E-state index in [1.165, 1.54) is 33.4 Å². The number of aryl methyl sites for hydroxylation is 2. The van der Waals surface area contributed by atoms with Crippen LogP contribution in [0.25, 0.3) is 11.1 Å². The van der Waals surface area contributed by atoms with Crippen LogP contribution < -0.4 is 4.74 Å². The molecule has 32 heavy (non-hydrogen) atoms. The summed E-state index contributed by atoms with van der Waals surface area (Å²) in [4.78, 5) is 18.1. The van der Waals surface area contributed by atoms with E-state index in [1.54, 1.807) is 18.5 Å². The van der Waals surface area contributed by atoms with Crippen LogP contribution in [0.2, 0.25) is 0 Å². The molecule has 0 spiro atoms. The lowest BCUT2D eigenvalue weighted by atomic mass is 9.85. The topological polar surface area (TPSA) is 62.7 Å². The molecule has 2 aromatic carbocycles. The van der Waals surface area contributed by atoms with Crippen molar-refractivity contribution in [1.29, 1.82) is 0 Å². The highest BCUT2D eigenvalue weighted by molar-refractivity contribution is 5.89. The highest BCUT2D eigenvalue weighted by Gasteiger charge is 2.26. The Bertz CT molecular complexity index is 1190. The number of ether oxygens (including phenoxy) is 1. The van der Waals surface area contributed by atoms with Crippen molar-refractivity contribution < 1.29 is 14.6 Å². The van der Waals surface area contributed by atoms with Gasteiger partial charge in [0.1, 0.15) is 5.75 Å². The molecule has 3 aromatic rings. The second kappa shape index (κ2) is 8.40. The van der Waals surface area contributed by atoms with Crippen molar-refractivity contribution in [1.82, 2.24) is 9.88 Å². The van der Waals surface area contributed by atoms with E-state index >= 15 is 0 Å². The van der Waals surface area contributed by atoms with Crippen molar-refractivity contribution in [2.75, 3.05) is 20.2 Å². The highest BCUT2D eigenvalue weighted by Crippen LogP contribution is 2.40. The van der Waals surface area contributed by atoms with Gasteiger partial charge >= 0.3 is 5.97 Å². The molecule has 164 valence electrons.